The van der Waals surface area contributed by atoms with Crippen molar-refractivity contribution in [2.45, 2.75) is 84.8 Å². The first kappa shape index (κ1) is 71.0. The van der Waals surface area contributed by atoms with Crippen molar-refractivity contribution >= 4 is 132 Å². The van der Waals surface area contributed by atoms with Gasteiger partial charge < -0.3 is 9.31 Å². The molecule has 0 radical (unpaired) electrons. The van der Waals surface area contributed by atoms with E-state index in [9.17, 15) is 0 Å². The summed E-state index contributed by atoms with van der Waals surface area (Å²) in [6, 6.07) is 112. The molecule has 10 nitrogen and oxygen atoms in total. The standard InChI is InChI=1S/C48H32N4.C33H31BO2.C21H13ClN4.CH4/c1-48(2)41-26-30(24-25-35(41)40-27-38-33-18-8-6-16-31(33)32-17-7-9-19-34(32)39(38)28-42(40)48)46-49-45(29-14-4-3-5-15-29)50-47(51-46)52-43-22-12-10-20-36(43)37-21-11-13-23-44(37)52;1-31(2)29-17-20(34-35-32(3,4)33(5,6)36-34)15-16-25(29)28-18-26-23-13-9-7-11-21(23)22-12-8-10-14-24(22)27(26)19-30(28)31;22-20-23-19(14-8-2-1-3-9-14)24-21(25-20)26-17-12-6-4-10-15(17)16-11-5-7-13-18(16)26;/h3-28H,1-2H3;7-19H,1-6H3;1-13H;1H4. The summed E-state index contributed by atoms with van der Waals surface area (Å²) in [6.45, 7) is 17.8. The van der Waals surface area contributed by atoms with Gasteiger partial charge in [0.25, 0.3) is 0 Å². The zero-order chi connectivity index (χ0) is 77.1. The summed E-state index contributed by atoms with van der Waals surface area (Å²) in [5.41, 5.74) is 17.6. The van der Waals surface area contributed by atoms with E-state index in [0.717, 1.165) is 55.0 Å². The summed E-state index contributed by atoms with van der Waals surface area (Å²) < 4.78 is 17.0. The molecule has 0 bridgehead atoms. The minimum atomic E-state index is -0.355. The van der Waals surface area contributed by atoms with Crippen LogP contribution in [0.4, 0.5) is 0 Å². The van der Waals surface area contributed by atoms with Gasteiger partial charge in [0.15, 0.2) is 17.5 Å². The maximum atomic E-state index is 6.39. The molecule has 1 saturated heterocycles. The van der Waals surface area contributed by atoms with E-state index in [0.29, 0.717) is 29.4 Å². The van der Waals surface area contributed by atoms with Crippen molar-refractivity contribution in [3.05, 3.63) is 343 Å². The number of hydrogen-bond donors (Lipinski definition) is 0. The Bertz CT molecular complexity index is 7290. The van der Waals surface area contributed by atoms with Crippen LogP contribution < -0.4 is 5.46 Å². The molecular weight excluding hydrogens is 1430 g/mol. The highest BCUT2D eigenvalue weighted by Gasteiger charge is 2.52. The molecule has 3 aliphatic rings. The second-order valence-corrected chi connectivity index (χ2v) is 32.8. The highest BCUT2D eigenvalue weighted by molar-refractivity contribution is 6.62. The van der Waals surface area contributed by atoms with E-state index in [-0.39, 0.29) is 41.9 Å². The molecule has 1 fully saturated rings. The molecule has 23 rings (SSSR count). The van der Waals surface area contributed by atoms with Gasteiger partial charge in [0.05, 0.1) is 33.3 Å². The highest BCUT2D eigenvalue weighted by Crippen LogP contribution is 2.54. The monoisotopic (exact) mass is 1510 g/mol. The number of nitrogens with zero attached hydrogens (tertiary/aromatic N) is 8. The molecule has 20 aromatic rings. The molecule has 12 heteroatoms. The van der Waals surface area contributed by atoms with Crippen LogP contribution in [0.25, 0.3) is 177 Å². The summed E-state index contributed by atoms with van der Waals surface area (Å²) in [6.07, 6.45) is 0. The fourth-order valence-corrected chi connectivity index (χ4v) is 18.4. The van der Waals surface area contributed by atoms with Crippen molar-refractivity contribution in [1.82, 2.24) is 39.0 Å². The predicted molar refractivity (Wildman–Crippen MR) is 479 cm³/mol. The predicted octanol–water partition coefficient (Wildman–Crippen LogP) is 25.7. The molecule has 0 spiro atoms. The van der Waals surface area contributed by atoms with Gasteiger partial charge in [-0.05, 0) is 208 Å². The molecule has 4 aromatic heterocycles. The lowest BCUT2D eigenvalue weighted by Gasteiger charge is -2.32. The molecule has 0 N–H and O–H groups in total. The largest absolute Gasteiger partial charge is 0.494 e. The van der Waals surface area contributed by atoms with E-state index in [1.165, 1.54) is 120 Å². The molecule has 0 saturated carbocycles. The molecule has 0 atom stereocenters. The average molecular weight is 1510 g/mol. The summed E-state index contributed by atoms with van der Waals surface area (Å²) in [5.74, 6) is 2.98. The van der Waals surface area contributed by atoms with Crippen molar-refractivity contribution in [3.63, 3.8) is 0 Å². The molecule has 16 aromatic carbocycles. The number of para-hydroxylation sites is 4. The number of rotatable bonds is 6. The van der Waals surface area contributed by atoms with Crippen LogP contribution >= 0.6 is 11.6 Å². The minimum absolute atomic E-state index is 0. The maximum Gasteiger partial charge on any atom is 0.494 e. The van der Waals surface area contributed by atoms with Crippen LogP contribution in [0, 0.1) is 0 Å². The molecule has 1 aliphatic heterocycles. The Morgan fingerprint density at radius 1 is 0.261 bits per heavy atom. The Morgan fingerprint density at radius 3 is 0.948 bits per heavy atom. The number of aromatic nitrogens is 8. The van der Waals surface area contributed by atoms with Gasteiger partial charge in [-0.2, -0.15) is 24.9 Å². The van der Waals surface area contributed by atoms with Crippen LogP contribution in [0.2, 0.25) is 5.28 Å². The fraction of sp³-hybridized carbons (Fsp3) is 0.126. The van der Waals surface area contributed by atoms with E-state index in [1.54, 1.807) is 0 Å². The Kier molecular flexibility index (Phi) is 16.6. The molecule has 0 unspecified atom stereocenters. The summed E-state index contributed by atoms with van der Waals surface area (Å²) >= 11 is 6.24. The first-order valence-electron chi connectivity index (χ1n) is 39.1. The second kappa shape index (κ2) is 26.8. The number of halogens is 1. The minimum Gasteiger partial charge on any atom is -0.399 e. The van der Waals surface area contributed by atoms with Crippen molar-refractivity contribution < 1.29 is 9.31 Å². The Balaban J connectivity index is 0.000000118. The average Bonchev–Trinajstić information content (AvgIpc) is 1.59. The molecule has 5 heterocycles. The lowest BCUT2D eigenvalue weighted by Crippen LogP contribution is -2.41. The van der Waals surface area contributed by atoms with Crippen LogP contribution in [0.1, 0.15) is 85.1 Å². The highest BCUT2D eigenvalue weighted by atomic mass is 35.5. The van der Waals surface area contributed by atoms with Gasteiger partial charge in [-0.25, -0.2) is 4.98 Å². The number of benzene rings is 16. The van der Waals surface area contributed by atoms with Gasteiger partial charge in [0, 0.05) is 49.1 Å². The van der Waals surface area contributed by atoms with E-state index in [4.69, 9.17) is 40.8 Å². The smallest absolute Gasteiger partial charge is 0.399 e. The van der Waals surface area contributed by atoms with Crippen LogP contribution in [0.5, 0.6) is 0 Å². The van der Waals surface area contributed by atoms with Crippen LogP contribution in [0.15, 0.2) is 315 Å². The van der Waals surface area contributed by atoms with Gasteiger partial charge in [-0.3, -0.25) is 9.13 Å². The van der Waals surface area contributed by atoms with E-state index in [2.05, 4.69) is 313 Å². The molecule has 2 aliphatic carbocycles. The van der Waals surface area contributed by atoms with E-state index < -0.39 is 0 Å². The third-order valence-electron chi connectivity index (χ3n) is 24.7. The zero-order valence-electron chi connectivity index (χ0n) is 64.4. The SMILES string of the molecule is C.CC1(C)c2cc(-c3nc(-c4ccccc4)nc(-n4c5ccccc5c5ccccc54)n3)ccc2-c2cc3c4ccccc4c4ccccc4c3cc21.CC1(C)c2cc(B3OC(C)(C)C(C)(C)O3)ccc2-c2cc3c4ccccc4c4ccccc4c3cc21.Clc1nc(-c2ccccc2)nc(-n2c3ccccc3c3ccccc32)n1. The van der Waals surface area contributed by atoms with Crippen LogP contribution in [-0.4, -0.2) is 57.4 Å². The van der Waals surface area contributed by atoms with Crippen molar-refractivity contribution in [2.24, 2.45) is 0 Å². The van der Waals surface area contributed by atoms with E-state index in [1.807, 2.05) is 77.4 Å². The molecular formula is C103H80BClN8O2. The van der Waals surface area contributed by atoms with Crippen LogP contribution in [-0.2, 0) is 20.1 Å². The Labute approximate surface area is 672 Å². The normalized spacial score (nSPS) is 14.6. The summed E-state index contributed by atoms with van der Waals surface area (Å²) in [4.78, 5) is 28.9. The van der Waals surface area contributed by atoms with Crippen molar-refractivity contribution in [1.29, 1.82) is 0 Å². The van der Waals surface area contributed by atoms with Gasteiger partial charge in [-0.15, -0.1) is 0 Å². The molecule has 554 valence electrons. The van der Waals surface area contributed by atoms with Gasteiger partial charge in [0.1, 0.15) is 0 Å². The van der Waals surface area contributed by atoms with Gasteiger partial charge >= 0.3 is 7.12 Å². The zero-order valence-corrected chi connectivity index (χ0v) is 65.1. The number of hydrogen-bond acceptors (Lipinski definition) is 8. The lowest BCUT2D eigenvalue weighted by molar-refractivity contribution is 0.00578. The third kappa shape index (κ3) is 11.3. The quantitative estimate of drug-likeness (QED) is 0.120. The molecule has 0 amide bonds. The topological polar surface area (TPSA) is 106 Å². The first-order valence-corrected chi connectivity index (χ1v) is 39.5. The Morgan fingerprint density at radius 2 is 0.557 bits per heavy atom. The lowest BCUT2D eigenvalue weighted by atomic mass is 9.74. The fourth-order valence-electron chi connectivity index (χ4n) is 18.3. The molecule has 115 heavy (non-hydrogen) atoms. The van der Waals surface area contributed by atoms with Crippen molar-refractivity contribution in [2.75, 3.05) is 0 Å². The maximum absolute atomic E-state index is 6.39. The van der Waals surface area contributed by atoms with Gasteiger partial charge in [-0.1, -0.05) is 296 Å². The van der Waals surface area contributed by atoms with Crippen molar-refractivity contribution in [3.8, 4) is 68.3 Å². The summed E-state index contributed by atoms with van der Waals surface area (Å²) in [7, 11) is -0.355. The van der Waals surface area contributed by atoms with Gasteiger partial charge in [0.2, 0.25) is 17.2 Å². The van der Waals surface area contributed by atoms with Crippen LogP contribution in [0.3, 0.4) is 0 Å². The summed E-state index contributed by atoms with van der Waals surface area (Å²) in [5, 5.41) is 20.5. The second-order valence-electron chi connectivity index (χ2n) is 32.5. The third-order valence-corrected chi connectivity index (χ3v) is 24.9. The first-order chi connectivity index (χ1) is 55.4. The Hall–Kier alpha value is -13.0. The number of fused-ring (bicyclic) bond motifs is 24. The van der Waals surface area contributed by atoms with E-state index >= 15 is 0 Å².